The van der Waals surface area contributed by atoms with E-state index in [9.17, 15) is 22.4 Å². The molecule has 4 rings (SSSR count). The maximum absolute atomic E-state index is 13.3. The van der Waals surface area contributed by atoms with Gasteiger partial charge in [-0.25, -0.2) is 4.39 Å². The summed E-state index contributed by atoms with van der Waals surface area (Å²) in [5.41, 5.74) is 0.409. The first kappa shape index (κ1) is 24.2. The second-order valence-corrected chi connectivity index (χ2v) is 12.5. The molecule has 1 aromatic carbocycles. The number of sulfonamides is 1. The highest BCUT2D eigenvalue weighted by Gasteiger charge is 2.43. The van der Waals surface area contributed by atoms with Gasteiger partial charge >= 0.3 is 0 Å². The molecule has 2 aromatic rings. The van der Waals surface area contributed by atoms with Gasteiger partial charge in [-0.2, -0.15) is 8.42 Å². The molecule has 1 aliphatic carbocycles. The number of anilines is 1. The lowest BCUT2D eigenvalue weighted by Crippen LogP contribution is -2.42. The fourth-order valence-electron chi connectivity index (χ4n) is 3.85. The van der Waals surface area contributed by atoms with Gasteiger partial charge in [-0.3, -0.25) is 14.5 Å². The molecule has 0 bridgehead atoms. The van der Waals surface area contributed by atoms with Crippen molar-refractivity contribution in [2.45, 2.75) is 54.0 Å². The Bertz CT molecular complexity index is 1180. The minimum Gasteiger partial charge on any atom is -0.326 e. The van der Waals surface area contributed by atoms with E-state index in [4.69, 9.17) is 11.6 Å². The number of nitrogens with one attached hydrogen (secondary N) is 1. The first-order chi connectivity index (χ1) is 15.7. The van der Waals surface area contributed by atoms with Crippen LogP contribution in [0.3, 0.4) is 0 Å². The van der Waals surface area contributed by atoms with Crippen molar-refractivity contribution in [2.24, 2.45) is 4.40 Å². The Hall–Kier alpha value is -1.95. The molecular formula is C21H21ClFN3O4S3. The fourth-order valence-corrected chi connectivity index (χ4v) is 7.71. The quantitative estimate of drug-likeness (QED) is 0.574. The van der Waals surface area contributed by atoms with Crippen LogP contribution in [0.4, 0.5) is 10.1 Å². The number of hydrogen-bond donors (Lipinski definition) is 1. The van der Waals surface area contributed by atoms with Crippen LogP contribution in [-0.4, -0.2) is 41.6 Å². The van der Waals surface area contributed by atoms with E-state index < -0.39 is 27.0 Å². The van der Waals surface area contributed by atoms with Gasteiger partial charge in [0, 0.05) is 18.2 Å². The number of amidine groups is 1. The maximum Gasteiger partial charge on any atom is 0.294 e. The molecule has 0 unspecified atom stereocenters. The summed E-state index contributed by atoms with van der Waals surface area (Å²) in [6, 6.07) is 8.02. The molecule has 1 atom stereocenters. The third-order valence-corrected chi connectivity index (χ3v) is 9.64. The average Bonchev–Trinajstić information content (AvgIpc) is 3.34. The number of benzene rings is 1. The van der Waals surface area contributed by atoms with E-state index in [0.29, 0.717) is 10.0 Å². The molecule has 1 aromatic heterocycles. The fraction of sp³-hybridized carbons (Fsp3) is 0.381. The summed E-state index contributed by atoms with van der Waals surface area (Å²) in [6.45, 7) is 0. The van der Waals surface area contributed by atoms with E-state index >= 15 is 0 Å². The summed E-state index contributed by atoms with van der Waals surface area (Å²) in [4.78, 5) is 27.3. The van der Waals surface area contributed by atoms with E-state index in [1.54, 1.807) is 0 Å². The monoisotopic (exact) mass is 529 g/mol. The van der Waals surface area contributed by atoms with Crippen molar-refractivity contribution in [3.8, 4) is 0 Å². The van der Waals surface area contributed by atoms with Crippen molar-refractivity contribution in [3.05, 3.63) is 46.6 Å². The molecule has 1 saturated heterocycles. The summed E-state index contributed by atoms with van der Waals surface area (Å²) in [6.07, 6.45) is 4.29. The van der Waals surface area contributed by atoms with E-state index in [0.717, 1.165) is 55.2 Å². The minimum atomic E-state index is -4.05. The van der Waals surface area contributed by atoms with Gasteiger partial charge in [0.15, 0.2) is 5.17 Å². The molecule has 2 fully saturated rings. The highest BCUT2D eigenvalue weighted by Crippen LogP contribution is 2.37. The predicted molar refractivity (Wildman–Crippen MR) is 129 cm³/mol. The van der Waals surface area contributed by atoms with Crippen LogP contribution < -0.4 is 5.32 Å². The van der Waals surface area contributed by atoms with Crippen LogP contribution in [0.2, 0.25) is 4.34 Å². The van der Waals surface area contributed by atoms with Crippen LogP contribution in [0.5, 0.6) is 0 Å². The topological polar surface area (TPSA) is 95.9 Å². The molecule has 1 aliphatic heterocycles. The molecule has 33 heavy (non-hydrogen) atoms. The normalized spacial score (nSPS) is 21.0. The Morgan fingerprint density at radius 1 is 1.15 bits per heavy atom. The number of hydrogen-bond acceptors (Lipinski definition) is 6. The Morgan fingerprint density at radius 3 is 2.48 bits per heavy atom. The minimum absolute atomic E-state index is 0.00542. The molecule has 12 heteroatoms. The number of carbonyl (C=O) groups is 2. The Kier molecular flexibility index (Phi) is 7.42. The Balaban J connectivity index is 1.56. The maximum atomic E-state index is 13.3. The number of nitrogens with zero attached hydrogens (tertiary/aromatic N) is 2. The summed E-state index contributed by atoms with van der Waals surface area (Å²) in [5.74, 6) is -1.17. The number of thioether (sulfide) groups is 1. The second kappa shape index (κ2) is 10.1. The third-order valence-electron chi connectivity index (χ3n) is 5.41. The SMILES string of the molecule is O=C(C[C@@H]1SC(=NS(=O)(=O)c2ccc(Cl)s2)N(C2CCCCC2)C1=O)Nc1ccc(F)cc1. The van der Waals surface area contributed by atoms with Crippen LogP contribution in [-0.2, 0) is 19.6 Å². The molecule has 1 saturated carbocycles. The van der Waals surface area contributed by atoms with Crippen molar-refractivity contribution in [1.29, 1.82) is 0 Å². The zero-order valence-electron chi connectivity index (χ0n) is 17.4. The molecule has 2 amide bonds. The van der Waals surface area contributed by atoms with Crippen molar-refractivity contribution in [2.75, 3.05) is 5.32 Å². The van der Waals surface area contributed by atoms with E-state index in [2.05, 4.69) is 9.71 Å². The molecule has 2 aliphatic rings. The van der Waals surface area contributed by atoms with Crippen molar-refractivity contribution in [3.63, 3.8) is 0 Å². The first-order valence-corrected chi connectivity index (χ1v) is 13.9. The molecular weight excluding hydrogens is 509 g/mol. The summed E-state index contributed by atoms with van der Waals surface area (Å²) < 4.78 is 43.1. The number of carbonyl (C=O) groups excluding carboxylic acids is 2. The van der Waals surface area contributed by atoms with Crippen molar-refractivity contribution < 1.29 is 22.4 Å². The lowest BCUT2D eigenvalue weighted by molar-refractivity contribution is -0.130. The number of amides is 2. The summed E-state index contributed by atoms with van der Waals surface area (Å²) in [7, 11) is -4.05. The van der Waals surface area contributed by atoms with Gasteiger partial charge in [-0.15, -0.1) is 15.7 Å². The van der Waals surface area contributed by atoms with Crippen LogP contribution in [0.25, 0.3) is 0 Å². The van der Waals surface area contributed by atoms with E-state index in [-0.39, 0.29) is 27.7 Å². The molecule has 2 heterocycles. The van der Waals surface area contributed by atoms with Gasteiger partial charge in [0.05, 0.1) is 4.34 Å². The second-order valence-electron chi connectivity index (χ2n) is 7.77. The van der Waals surface area contributed by atoms with Crippen molar-refractivity contribution in [1.82, 2.24) is 4.90 Å². The lowest BCUT2D eigenvalue weighted by atomic mass is 9.94. The van der Waals surface area contributed by atoms with Gasteiger partial charge in [0.25, 0.3) is 10.0 Å². The average molecular weight is 530 g/mol. The van der Waals surface area contributed by atoms with Gasteiger partial charge in [-0.05, 0) is 49.2 Å². The van der Waals surface area contributed by atoms with Gasteiger partial charge in [0.2, 0.25) is 11.8 Å². The zero-order valence-corrected chi connectivity index (χ0v) is 20.6. The molecule has 0 spiro atoms. The van der Waals surface area contributed by atoms with Crippen LogP contribution in [0.1, 0.15) is 38.5 Å². The standard InChI is InChI=1S/C21H21ClFN3O4S3/c22-17-10-11-19(32-17)33(29,30)25-21-26(15-4-2-1-3-5-15)20(28)16(31-21)12-18(27)24-14-8-6-13(23)7-9-14/h6-11,15-16H,1-5,12H2,(H,24,27)/t16-/m0/s1. The predicted octanol–water partition coefficient (Wildman–Crippen LogP) is 4.89. The van der Waals surface area contributed by atoms with Gasteiger partial charge in [0.1, 0.15) is 15.3 Å². The van der Waals surface area contributed by atoms with E-state index in [1.807, 2.05) is 0 Å². The zero-order chi connectivity index (χ0) is 23.6. The largest absolute Gasteiger partial charge is 0.326 e. The highest BCUT2D eigenvalue weighted by atomic mass is 35.5. The summed E-state index contributed by atoms with van der Waals surface area (Å²) in [5, 5.41) is 1.94. The number of thiophene rings is 1. The number of halogens is 2. The van der Waals surface area contributed by atoms with Crippen molar-refractivity contribution >= 4 is 67.4 Å². The number of rotatable bonds is 6. The van der Waals surface area contributed by atoms with E-state index in [1.165, 1.54) is 41.3 Å². The Labute approximate surface area is 204 Å². The van der Waals surface area contributed by atoms with Crippen LogP contribution in [0.15, 0.2) is 45.0 Å². The first-order valence-electron chi connectivity index (χ1n) is 10.4. The summed E-state index contributed by atoms with van der Waals surface area (Å²) >= 11 is 7.77. The van der Waals surface area contributed by atoms with Gasteiger partial charge < -0.3 is 5.32 Å². The Morgan fingerprint density at radius 2 is 1.85 bits per heavy atom. The highest BCUT2D eigenvalue weighted by molar-refractivity contribution is 8.16. The van der Waals surface area contributed by atoms with Crippen LogP contribution >= 0.6 is 34.7 Å². The van der Waals surface area contributed by atoms with Gasteiger partial charge in [-0.1, -0.05) is 42.6 Å². The molecule has 1 N–H and O–H groups in total. The smallest absolute Gasteiger partial charge is 0.294 e. The third kappa shape index (κ3) is 5.76. The molecule has 0 radical (unpaired) electrons. The molecule has 176 valence electrons. The molecule has 7 nitrogen and oxygen atoms in total. The van der Waals surface area contributed by atoms with Crippen LogP contribution in [0, 0.1) is 5.82 Å². The lowest BCUT2D eigenvalue weighted by Gasteiger charge is -2.30.